The Balaban J connectivity index is 2.05. The Kier molecular flexibility index (Phi) is 4.04. The Labute approximate surface area is 113 Å². The Hall–Kier alpha value is -1.62. The lowest BCUT2D eigenvalue weighted by Crippen LogP contribution is -2.41. The van der Waals surface area contributed by atoms with Gasteiger partial charge in [0, 0.05) is 30.7 Å². The van der Waals surface area contributed by atoms with Gasteiger partial charge in [-0.3, -0.25) is 9.78 Å². The second-order valence-electron chi connectivity index (χ2n) is 5.28. The predicted molar refractivity (Wildman–Crippen MR) is 73.7 cm³/mol. The fraction of sp³-hybridized carbons (Fsp3) is 0.571. The number of anilines is 1. The summed E-state index contributed by atoms with van der Waals surface area (Å²) in [6.07, 6.45) is 2.92. The van der Waals surface area contributed by atoms with Crippen LogP contribution in [-0.2, 0) is 0 Å². The van der Waals surface area contributed by atoms with Gasteiger partial charge in [0.05, 0.1) is 11.7 Å². The van der Waals surface area contributed by atoms with Gasteiger partial charge in [0.2, 0.25) is 0 Å². The summed E-state index contributed by atoms with van der Waals surface area (Å²) in [4.78, 5) is 18.3. The highest BCUT2D eigenvalue weighted by molar-refractivity contribution is 5.98. The number of aromatic nitrogens is 1. The number of pyridine rings is 1. The third-order valence-corrected chi connectivity index (χ3v) is 3.81. The van der Waals surface area contributed by atoms with E-state index in [1.165, 1.54) is 0 Å². The summed E-state index contributed by atoms with van der Waals surface area (Å²) in [5.74, 6) is 0.228. The van der Waals surface area contributed by atoms with E-state index >= 15 is 0 Å². The summed E-state index contributed by atoms with van der Waals surface area (Å²) in [6, 6.07) is 1.72. The molecule has 1 saturated heterocycles. The van der Waals surface area contributed by atoms with Gasteiger partial charge in [-0.05, 0) is 38.7 Å². The SMILES string of the molecule is Cc1cc(N)c(C(=O)N2CCC(C(C)O)CC2)cn1. The second-order valence-corrected chi connectivity index (χ2v) is 5.28. The summed E-state index contributed by atoms with van der Waals surface area (Å²) in [5.41, 5.74) is 7.64. The van der Waals surface area contributed by atoms with Crippen molar-refractivity contribution in [2.75, 3.05) is 18.8 Å². The molecule has 1 aliphatic heterocycles. The second kappa shape index (κ2) is 5.57. The quantitative estimate of drug-likeness (QED) is 0.840. The first-order valence-electron chi connectivity index (χ1n) is 6.68. The van der Waals surface area contributed by atoms with E-state index < -0.39 is 0 Å². The minimum Gasteiger partial charge on any atom is -0.398 e. The van der Waals surface area contributed by atoms with Crippen molar-refractivity contribution in [2.45, 2.75) is 32.8 Å². The van der Waals surface area contributed by atoms with Crippen molar-refractivity contribution in [3.8, 4) is 0 Å². The van der Waals surface area contributed by atoms with Crippen molar-refractivity contribution in [2.24, 2.45) is 5.92 Å². The first kappa shape index (κ1) is 13.8. The molecule has 1 amide bonds. The summed E-state index contributed by atoms with van der Waals surface area (Å²) in [7, 11) is 0. The van der Waals surface area contributed by atoms with Crippen molar-refractivity contribution in [1.82, 2.24) is 9.88 Å². The first-order chi connectivity index (χ1) is 8.99. The Morgan fingerprint density at radius 2 is 2.16 bits per heavy atom. The largest absolute Gasteiger partial charge is 0.398 e. The number of nitrogens with zero attached hydrogens (tertiary/aromatic N) is 2. The maximum absolute atomic E-state index is 12.4. The Bertz CT molecular complexity index is 466. The summed E-state index contributed by atoms with van der Waals surface area (Å²) >= 11 is 0. The number of hydrogen-bond donors (Lipinski definition) is 2. The third-order valence-electron chi connectivity index (χ3n) is 3.81. The highest BCUT2D eigenvalue weighted by atomic mass is 16.3. The number of aliphatic hydroxyl groups is 1. The molecule has 5 nitrogen and oxygen atoms in total. The normalized spacial score (nSPS) is 18.4. The smallest absolute Gasteiger partial charge is 0.257 e. The van der Waals surface area contributed by atoms with Crippen LogP contribution in [0.2, 0.25) is 0 Å². The van der Waals surface area contributed by atoms with E-state index in [2.05, 4.69) is 4.98 Å². The lowest BCUT2D eigenvalue weighted by molar-refractivity contribution is 0.0522. The van der Waals surface area contributed by atoms with Crippen LogP contribution in [0.5, 0.6) is 0 Å². The van der Waals surface area contributed by atoms with E-state index in [0.717, 1.165) is 18.5 Å². The number of nitrogen functional groups attached to an aromatic ring is 1. The number of likely N-dealkylation sites (tertiary alicyclic amines) is 1. The highest BCUT2D eigenvalue weighted by Crippen LogP contribution is 2.23. The first-order valence-corrected chi connectivity index (χ1v) is 6.68. The van der Waals surface area contributed by atoms with Crippen molar-refractivity contribution in [3.63, 3.8) is 0 Å². The van der Waals surface area contributed by atoms with Gasteiger partial charge in [0.15, 0.2) is 0 Å². The van der Waals surface area contributed by atoms with Crippen LogP contribution in [0.25, 0.3) is 0 Å². The lowest BCUT2D eigenvalue weighted by Gasteiger charge is -2.33. The fourth-order valence-corrected chi connectivity index (χ4v) is 2.51. The number of rotatable bonds is 2. The predicted octanol–water partition coefficient (Wildman–Crippen LogP) is 1.21. The molecule has 0 spiro atoms. The molecule has 0 bridgehead atoms. The molecular weight excluding hydrogens is 242 g/mol. The van der Waals surface area contributed by atoms with E-state index in [4.69, 9.17) is 5.73 Å². The molecule has 1 unspecified atom stereocenters. The zero-order chi connectivity index (χ0) is 14.0. The van der Waals surface area contributed by atoms with Crippen LogP contribution in [0.3, 0.4) is 0 Å². The van der Waals surface area contributed by atoms with E-state index in [1.807, 2.05) is 13.8 Å². The molecule has 1 fully saturated rings. The molecule has 1 aliphatic rings. The molecule has 2 heterocycles. The molecule has 0 aromatic carbocycles. The van der Waals surface area contributed by atoms with Crippen LogP contribution in [0, 0.1) is 12.8 Å². The number of hydrogen-bond acceptors (Lipinski definition) is 4. The Morgan fingerprint density at radius 3 is 2.68 bits per heavy atom. The number of aryl methyl sites for hydroxylation is 1. The summed E-state index contributed by atoms with van der Waals surface area (Å²) in [5, 5.41) is 9.56. The van der Waals surface area contributed by atoms with Gasteiger partial charge in [-0.2, -0.15) is 0 Å². The molecule has 104 valence electrons. The third kappa shape index (κ3) is 3.04. The van der Waals surface area contributed by atoms with Crippen LogP contribution in [0.15, 0.2) is 12.3 Å². The van der Waals surface area contributed by atoms with Crippen LogP contribution in [0.1, 0.15) is 35.8 Å². The van der Waals surface area contributed by atoms with Crippen molar-refractivity contribution in [3.05, 3.63) is 23.5 Å². The fourth-order valence-electron chi connectivity index (χ4n) is 2.51. The molecule has 2 rings (SSSR count). The molecular formula is C14H21N3O2. The van der Waals surface area contributed by atoms with E-state index in [-0.39, 0.29) is 17.9 Å². The molecule has 1 aromatic heterocycles. The van der Waals surface area contributed by atoms with Crippen LogP contribution >= 0.6 is 0 Å². The number of aliphatic hydroxyl groups excluding tert-OH is 1. The molecule has 0 radical (unpaired) electrons. The number of nitrogens with two attached hydrogens (primary N) is 1. The van der Waals surface area contributed by atoms with Gasteiger partial charge in [-0.25, -0.2) is 0 Å². The monoisotopic (exact) mass is 263 g/mol. The van der Waals surface area contributed by atoms with E-state index in [1.54, 1.807) is 17.2 Å². The van der Waals surface area contributed by atoms with Gasteiger partial charge in [0.1, 0.15) is 0 Å². The molecule has 3 N–H and O–H groups in total. The van der Waals surface area contributed by atoms with Crippen LogP contribution < -0.4 is 5.73 Å². The molecule has 5 heteroatoms. The zero-order valence-corrected chi connectivity index (χ0v) is 11.5. The molecule has 19 heavy (non-hydrogen) atoms. The van der Waals surface area contributed by atoms with Crippen molar-refractivity contribution >= 4 is 11.6 Å². The molecule has 1 atom stereocenters. The average molecular weight is 263 g/mol. The lowest BCUT2D eigenvalue weighted by atomic mass is 9.92. The minimum absolute atomic E-state index is 0.0611. The molecule has 0 aliphatic carbocycles. The van der Waals surface area contributed by atoms with Gasteiger partial charge in [0.25, 0.3) is 5.91 Å². The standard InChI is InChI=1S/C14H21N3O2/c1-9-7-13(15)12(8-16-9)14(19)17-5-3-11(4-6-17)10(2)18/h7-8,10-11,18H,3-6H2,1-2H3,(H2,15,16). The van der Waals surface area contributed by atoms with E-state index in [9.17, 15) is 9.90 Å². The average Bonchev–Trinajstić information content (AvgIpc) is 2.38. The maximum atomic E-state index is 12.4. The minimum atomic E-state index is -0.302. The van der Waals surface area contributed by atoms with Gasteiger partial charge >= 0.3 is 0 Å². The van der Waals surface area contributed by atoms with Gasteiger partial charge < -0.3 is 15.7 Å². The Morgan fingerprint density at radius 1 is 1.53 bits per heavy atom. The highest BCUT2D eigenvalue weighted by Gasteiger charge is 2.26. The van der Waals surface area contributed by atoms with Crippen LogP contribution in [-0.4, -0.2) is 40.1 Å². The summed E-state index contributed by atoms with van der Waals surface area (Å²) < 4.78 is 0. The number of amides is 1. The number of piperidine rings is 1. The van der Waals surface area contributed by atoms with Crippen molar-refractivity contribution in [1.29, 1.82) is 0 Å². The molecule has 0 saturated carbocycles. The van der Waals surface area contributed by atoms with Gasteiger partial charge in [-0.15, -0.1) is 0 Å². The van der Waals surface area contributed by atoms with Crippen LogP contribution in [0.4, 0.5) is 5.69 Å². The molecule has 1 aromatic rings. The number of carbonyl (C=O) groups is 1. The van der Waals surface area contributed by atoms with Gasteiger partial charge in [-0.1, -0.05) is 0 Å². The zero-order valence-electron chi connectivity index (χ0n) is 11.5. The topological polar surface area (TPSA) is 79.5 Å². The maximum Gasteiger partial charge on any atom is 0.257 e. The summed E-state index contributed by atoms with van der Waals surface area (Å²) in [6.45, 7) is 4.99. The number of carbonyl (C=O) groups excluding carboxylic acids is 1. The van der Waals surface area contributed by atoms with Crippen molar-refractivity contribution < 1.29 is 9.90 Å². The van der Waals surface area contributed by atoms with E-state index in [0.29, 0.717) is 24.3 Å².